The standard InChI is InChI=1S/C17H13ClN8O4/c18-12-3-1-10(2-4-12)16(27)24-22-14-13(26(29)30)15(21-9-20-14)23-25-17(28)11-5-7-19-8-6-11/h1-9H,(H,24,27)(H,25,28)(H2,20,21,22,23). The zero-order valence-corrected chi connectivity index (χ0v) is 15.8. The first-order valence-corrected chi connectivity index (χ1v) is 8.61. The summed E-state index contributed by atoms with van der Waals surface area (Å²) in [6.07, 6.45) is 3.87. The molecule has 30 heavy (non-hydrogen) atoms. The number of anilines is 2. The third-order valence-corrected chi connectivity index (χ3v) is 3.89. The molecule has 3 rings (SSSR count). The van der Waals surface area contributed by atoms with Gasteiger partial charge in [-0.05, 0) is 36.4 Å². The minimum absolute atomic E-state index is 0.270. The fourth-order valence-electron chi connectivity index (χ4n) is 2.22. The average molecular weight is 429 g/mol. The summed E-state index contributed by atoms with van der Waals surface area (Å²) in [6.45, 7) is 0. The lowest BCUT2D eigenvalue weighted by molar-refractivity contribution is -0.383. The molecule has 1 aromatic carbocycles. The van der Waals surface area contributed by atoms with Gasteiger partial charge in [0.25, 0.3) is 11.8 Å². The molecule has 0 saturated carbocycles. The van der Waals surface area contributed by atoms with E-state index in [0.29, 0.717) is 5.02 Å². The lowest BCUT2D eigenvalue weighted by Crippen LogP contribution is -2.32. The second-order valence-corrected chi connectivity index (χ2v) is 6.01. The molecule has 0 fully saturated rings. The maximum Gasteiger partial charge on any atom is 0.356 e. The van der Waals surface area contributed by atoms with Crippen molar-refractivity contribution in [2.45, 2.75) is 0 Å². The van der Waals surface area contributed by atoms with E-state index >= 15 is 0 Å². The normalized spacial score (nSPS) is 10.0. The molecule has 0 radical (unpaired) electrons. The van der Waals surface area contributed by atoms with Crippen LogP contribution in [-0.4, -0.2) is 31.7 Å². The van der Waals surface area contributed by atoms with Crippen molar-refractivity contribution in [3.05, 3.63) is 81.4 Å². The van der Waals surface area contributed by atoms with E-state index in [2.05, 4.69) is 36.7 Å². The van der Waals surface area contributed by atoms with Gasteiger partial charge in [0.15, 0.2) is 0 Å². The van der Waals surface area contributed by atoms with E-state index in [9.17, 15) is 19.7 Å². The molecule has 2 heterocycles. The SMILES string of the molecule is O=C(NNc1ncnc(NNC(=O)c2ccc(Cl)cc2)c1[N+](=O)[O-])c1ccncc1. The highest BCUT2D eigenvalue weighted by Gasteiger charge is 2.24. The van der Waals surface area contributed by atoms with Crippen LogP contribution in [0.3, 0.4) is 0 Å². The van der Waals surface area contributed by atoms with Crippen LogP contribution in [0.25, 0.3) is 0 Å². The van der Waals surface area contributed by atoms with Crippen LogP contribution in [0.5, 0.6) is 0 Å². The first-order valence-electron chi connectivity index (χ1n) is 8.23. The minimum Gasteiger partial charge on any atom is -0.276 e. The predicted octanol–water partition coefficient (Wildman–Crippen LogP) is 1.95. The highest BCUT2D eigenvalue weighted by Crippen LogP contribution is 2.27. The van der Waals surface area contributed by atoms with Gasteiger partial charge >= 0.3 is 5.69 Å². The van der Waals surface area contributed by atoms with Gasteiger partial charge in [0.1, 0.15) is 6.33 Å². The lowest BCUT2D eigenvalue weighted by atomic mass is 10.2. The zero-order chi connectivity index (χ0) is 21.5. The Labute approximate surface area is 173 Å². The molecule has 0 spiro atoms. The third kappa shape index (κ3) is 4.94. The Hall–Kier alpha value is -4.32. The molecule has 0 atom stereocenters. The number of nitro groups is 1. The number of hydrazine groups is 2. The largest absolute Gasteiger partial charge is 0.356 e. The van der Waals surface area contributed by atoms with E-state index in [1.54, 1.807) is 0 Å². The maximum absolute atomic E-state index is 12.2. The molecule has 3 aromatic rings. The van der Waals surface area contributed by atoms with Crippen LogP contribution in [0.2, 0.25) is 5.02 Å². The van der Waals surface area contributed by atoms with E-state index in [-0.39, 0.29) is 22.8 Å². The van der Waals surface area contributed by atoms with E-state index in [1.807, 2.05) is 0 Å². The van der Waals surface area contributed by atoms with Crippen molar-refractivity contribution in [3.8, 4) is 0 Å². The second-order valence-electron chi connectivity index (χ2n) is 5.58. The van der Waals surface area contributed by atoms with Crippen LogP contribution in [-0.2, 0) is 0 Å². The van der Waals surface area contributed by atoms with Crippen molar-refractivity contribution >= 4 is 40.7 Å². The summed E-state index contributed by atoms with van der Waals surface area (Å²) in [7, 11) is 0. The third-order valence-electron chi connectivity index (χ3n) is 3.64. The molecule has 12 nitrogen and oxygen atoms in total. The number of hydrogen-bond acceptors (Lipinski definition) is 9. The topological polar surface area (TPSA) is 164 Å². The average Bonchev–Trinajstić information content (AvgIpc) is 2.76. The zero-order valence-electron chi connectivity index (χ0n) is 15.0. The van der Waals surface area contributed by atoms with Gasteiger partial charge in [0.2, 0.25) is 11.6 Å². The summed E-state index contributed by atoms with van der Waals surface area (Å²) < 4.78 is 0. The number of pyridine rings is 1. The molecule has 0 unspecified atom stereocenters. The Bertz CT molecular complexity index is 1080. The van der Waals surface area contributed by atoms with E-state index in [4.69, 9.17) is 11.6 Å². The number of hydrogen-bond donors (Lipinski definition) is 4. The molecule has 0 aliphatic carbocycles. The first-order chi connectivity index (χ1) is 14.5. The molecule has 0 aliphatic heterocycles. The van der Waals surface area contributed by atoms with Crippen LogP contribution in [0.4, 0.5) is 17.3 Å². The van der Waals surface area contributed by atoms with E-state index in [1.165, 1.54) is 48.8 Å². The summed E-state index contributed by atoms with van der Waals surface area (Å²) in [5.74, 6) is -1.71. The van der Waals surface area contributed by atoms with Gasteiger partial charge in [0, 0.05) is 28.5 Å². The fourth-order valence-corrected chi connectivity index (χ4v) is 2.34. The van der Waals surface area contributed by atoms with Crippen molar-refractivity contribution in [1.82, 2.24) is 25.8 Å². The Morgan fingerprint density at radius 1 is 0.867 bits per heavy atom. The monoisotopic (exact) mass is 428 g/mol. The van der Waals surface area contributed by atoms with Crippen molar-refractivity contribution in [1.29, 1.82) is 0 Å². The minimum atomic E-state index is -0.766. The number of benzene rings is 1. The quantitative estimate of drug-likeness (QED) is 0.325. The van der Waals surface area contributed by atoms with Crippen LogP contribution in [0.1, 0.15) is 20.7 Å². The number of amides is 2. The van der Waals surface area contributed by atoms with Gasteiger partial charge in [-0.1, -0.05) is 11.6 Å². The number of halogens is 1. The van der Waals surface area contributed by atoms with Gasteiger partial charge < -0.3 is 0 Å². The number of nitrogens with one attached hydrogen (secondary N) is 4. The van der Waals surface area contributed by atoms with Crippen LogP contribution >= 0.6 is 11.6 Å². The van der Waals surface area contributed by atoms with Crippen LogP contribution in [0, 0.1) is 10.1 Å². The Kier molecular flexibility index (Phi) is 6.29. The van der Waals surface area contributed by atoms with Crippen molar-refractivity contribution in [2.24, 2.45) is 0 Å². The Balaban J connectivity index is 1.72. The van der Waals surface area contributed by atoms with E-state index < -0.39 is 22.4 Å². The van der Waals surface area contributed by atoms with Crippen molar-refractivity contribution in [2.75, 3.05) is 10.9 Å². The molecule has 13 heteroatoms. The highest BCUT2D eigenvalue weighted by atomic mass is 35.5. The summed E-state index contributed by atoms with van der Waals surface area (Å²) in [6, 6.07) is 8.94. The van der Waals surface area contributed by atoms with Gasteiger partial charge in [-0.2, -0.15) is 0 Å². The van der Waals surface area contributed by atoms with Gasteiger partial charge in [-0.25, -0.2) is 9.97 Å². The molecule has 2 aromatic heterocycles. The number of aromatic nitrogens is 3. The van der Waals surface area contributed by atoms with Crippen molar-refractivity contribution in [3.63, 3.8) is 0 Å². The van der Waals surface area contributed by atoms with Crippen LogP contribution < -0.4 is 21.7 Å². The first kappa shape index (κ1) is 20.4. The molecular weight excluding hydrogens is 416 g/mol. The van der Waals surface area contributed by atoms with E-state index in [0.717, 1.165) is 6.33 Å². The predicted molar refractivity (Wildman–Crippen MR) is 107 cm³/mol. The summed E-state index contributed by atoms with van der Waals surface area (Å²) in [5.41, 5.74) is 9.31. The lowest BCUT2D eigenvalue weighted by Gasteiger charge is -2.11. The van der Waals surface area contributed by atoms with Gasteiger partial charge in [-0.15, -0.1) is 0 Å². The number of carbonyl (C=O) groups excluding carboxylic acids is 2. The molecule has 0 bridgehead atoms. The summed E-state index contributed by atoms with van der Waals surface area (Å²) in [4.78, 5) is 46.3. The number of rotatable bonds is 7. The molecule has 2 amide bonds. The number of carbonyl (C=O) groups is 2. The maximum atomic E-state index is 12.2. The van der Waals surface area contributed by atoms with Crippen molar-refractivity contribution < 1.29 is 14.5 Å². The highest BCUT2D eigenvalue weighted by molar-refractivity contribution is 6.30. The Morgan fingerprint density at radius 3 is 1.87 bits per heavy atom. The van der Waals surface area contributed by atoms with Gasteiger partial charge in [0.05, 0.1) is 4.92 Å². The molecule has 0 aliphatic rings. The summed E-state index contributed by atoms with van der Waals surface area (Å²) in [5, 5.41) is 12.0. The number of nitrogens with zero attached hydrogens (tertiary/aromatic N) is 4. The second kappa shape index (κ2) is 9.25. The smallest absolute Gasteiger partial charge is 0.276 e. The van der Waals surface area contributed by atoms with Gasteiger partial charge in [-0.3, -0.25) is 46.4 Å². The molecule has 4 N–H and O–H groups in total. The summed E-state index contributed by atoms with van der Waals surface area (Å²) >= 11 is 5.77. The molecule has 0 saturated heterocycles. The molecular formula is C17H13ClN8O4. The Morgan fingerprint density at radius 2 is 1.37 bits per heavy atom. The fraction of sp³-hybridized carbons (Fsp3) is 0. The molecule has 152 valence electrons. The van der Waals surface area contributed by atoms with Crippen LogP contribution in [0.15, 0.2) is 55.1 Å².